The van der Waals surface area contributed by atoms with Crippen molar-refractivity contribution in [3.8, 4) is 23.0 Å². The van der Waals surface area contributed by atoms with Crippen LogP contribution in [0, 0.1) is 0 Å². The van der Waals surface area contributed by atoms with Crippen molar-refractivity contribution in [2.75, 3.05) is 18.7 Å². The summed E-state index contributed by atoms with van der Waals surface area (Å²) >= 11 is 0. The Hall–Kier alpha value is -2.89. The number of benzene rings is 2. The van der Waals surface area contributed by atoms with E-state index in [0.29, 0.717) is 35.1 Å². The third kappa shape index (κ3) is 2.95. The highest BCUT2D eigenvalue weighted by Crippen LogP contribution is 2.38. The minimum atomic E-state index is -0.245. The first-order chi connectivity index (χ1) is 12.1. The minimum absolute atomic E-state index is 0.129. The number of hydrogen-bond donors (Lipinski definition) is 1. The van der Waals surface area contributed by atoms with Gasteiger partial charge in [0, 0.05) is 23.6 Å². The summed E-state index contributed by atoms with van der Waals surface area (Å²) in [5.74, 6) is 2.41. The van der Waals surface area contributed by atoms with Crippen LogP contribution in [0.1, 0.15) is 29.8 Å². The molecule has 2 aliphatic heterocycles. The van der Waals surface area contributed by atoms with Crippen molar-refractivity contribution in [2.24, 2.45) is 0 Å². The van der Waals surface area contributed by atoms with Crippen molar-refractivity contribution in [1.29, 1.82) is 0 Å². The molecular weight excluding hydrogens is 322 g/mol. The van der Waals surface area contributed by atoms with Crippen LogP contribution >= 0.6 is 0 Å². The van der Waals surface area contributed by atoms with Crippen LogP contribution in [0.3, 0.4) is 0 Å². The van der Waals surface area contributed by atoms with Gasteiger partial charge in [0.1, 0.15) is 17.6 Å². The van der Waals surface area contributed by atoms with E-state index in [1.165, 1.54) is 0 Å². The molecule has 6 nitrogen and oxygen atoms in total. The summed E-state index contributed by atoms with van der Waals surface area (Å²) in [6.45, 7) is 4.62. The van der Waals surface area contributed by atoms with Gasteiger partial charge in [0.2, 0.25) is 6.79 Å². The zero-order chi connectivity index (χ0) is 17.4. The lowest BCUT2D eigenvalue weighted by atomic mass is 10.1. The highest BCUT2D eigenvalue weighted by molar-refractivity contribution is 6.05. The lowest BCUT2D eigenvalue weighted by molar-refractivity contribution is 0.102. The highest BCUT2D eigenvalue weighted by atomic mass is 16.7. The topological polar surface area (TPSA) is 66.0 Å². The smallest absolute Gasteiger partial charge is 0.255 e. The SMILES string of the molecule is CCOc1cc2c(cc1NC(=O)c1ccc3c(c1)OCO3)OC(C)C2. The highest BCUT2D eigenvalue weighted by Gasteiger charge is 2.23. The van der Waals surface area contributed by atoms with Gasteiger partial charge in [0.15, 0.2) is 11.5 Å². The standard InChI is InChI=1S/C19H19NO5/c1-3-22-17-8-13-6-11(2)25-16(13)9-14(17)20-19(21)12-4-5-15-18(7-12)24-10-23-15/h4-5,7-9,11H,3,6,10H2,1-2H3,(H,20,21). The maximum absolute atomic E-state index is 12.6. The van der Waals surface area contributed by atoms with Gasteiger partial charge in [-0.2, -0.15) is 0 Å². The predicted octanol–water partition coefficient (Wildman–Crippen LogP) is 3.39. The Labute approximate surface area is 145 Å². The largest absolute Gasteiger partial charge is 0.492 e. The van der Waals surface area contributed by atoms with Gasteiger partial charge >= 0.3 is 0 Å². The number of rotatable bonds is 4. The normalized spacial score (nSPS) is 17.0. The number of anilines is 1. The monoisotopic (exact) mass is 341 g/mol. The average Bonchev–Trinajstić information content (AvgIpc) is 3.19. The molecule has 2 aliphatic rings. The quantitative estimate of drug-likeness (QED) is 0.923. The third-order valence-electron chi connectivity index (χ3n) is 4.18. The molecule has 0 aliphatic carbocycles. The predicted molar refractivity (Wildman–Crippen MR) is 91.9 cm³/mol. The summed E-state index contributed by atoms with van der Waals surface area (Å²) in [6, 6.07) is 8.87. The Balaban J connectivity index is 1.61. The van der Waals surface area contributed by atoms with Crippen molar-refractivity contribution < 1.29 is 23.7 Å². The van der Waals surface area contributed by atoms with E-state index in [4.69, 9.17) is 18.9 Å². The van der Waals surface area contributed by atoms with E-state index in [0.717, 1.165) is 17.7 Å². The molecule has 0 fully saturated rings. The maximum Gasteiger partial charge on any atom is 0.255 e. The van der Waals surface area contributed by atoms with Crippen LogP contribution in [0.5, 0.6) is 23.0 Å². The number of nitrogens with one attached hydrogen (secondary N) is 1. The first kappa shape index (κ1) is 15.6. The molecule has 1 amide bonds. The Bertz CT molecular complexity index is 833. The van der Waals surface area contributed by atoms with Crippen molar-refractivity contribution in [3.05, 3.63) is 41.5 Å². The summed E-state index contributed by atoms with van der Waals surface area (Å²) < 4.78 is 22.1. The summed E-state index contributed by atoms with van der Waals surface area (Å²) in [4.78, 5) is 12.6. The number of ether oxygens (including phenoxy) is 4. The van der Waals surface area contributed by atoms with E-state index in [-0.39, 0.29) is 18.8 Å². The van der Waals surface area contributed by atoms with Gasteiger partial charge in [0.05, 0.1) is 12.3 Å². The van der Waals surface area contributed by atoms with E-state index >= 15 is 0 Å². The number of amides is 1. The van der Waals surface area contributed by atoms with Gasteiger partial charge in [-0.05, 0) is 38.1 Å². The third-order valence-corrected chi connectivity index (χ3v) is 4.18. The zero-order valence-corrected chi connectivity index (χ0v) is 14.1. The van der Waals surface area contributed by atoms with Gasteiger partial charge < -0.3 is 24.3 Å². The molecule has 2 aromatic carbocycles. The van der Waals surface area contributed by atoms with Gasteiger partial charge in [-0.15, -0.1) is 0 Å². The van der Waals surface area contributed by atoms with Crippen molar-refractivity contribution in [2.45, 2.75) is 26.4 Å². The number of fused-ring (bicyclic) bond motifs is 2. The van der Waals surface area contributed by atoms with Crippen LogP contribution in [0.25, 0.3) is 0 Å². The fourth-order valence-corrected chi connectivity index (χ4v) is 3.04. The Morgan fingerprint density at radius 2 is 2.04 bits per heavy atom. The molecule has 6 heteroatoms. The first-order valence-electron chi connectivity index (χ1n) is 8.31. The molecule has 2 heterocycles. The molecule has 25 heavy (non-hydrogen) atoms. The number of hydrogen-bond acceptors (Lipinski definition) is 5. The molecular formula is C19H19NO5. The summed E-state index contributed by atoms with van der Waals surface area (Å²) in [5, 5.41) is 2.91. The molecule has 0 bridgehead atoms. The lowest BCUT2D eigenvalue weighted by Gasteiger charge is -2.13. The maximum atomic E-state index is 12.6. The van der Waals surface area contributed by atoms with E-state index < -0.39 is 0 Å². The summed E-state index contributed by atoms with van der Waals surface area (Å²) in [7, 11) is 0. The van der Waals surface area contributed by atoms with E-state index in [9.17, 15) is 4.79 Å². The molecule has 0 spiro atoms. The number of carbonyl (C=O) groups excluding carboxylic acids is 1. The van der Waals surface area contributed by atoms with Crippen LogP contribution in [0.15, 0.2) is 30.3 Å². The van der Waals surface area contributed by atoms with E-state index in [1.54, 1.807) is 18.2 Å². The van der Waals surface area contributed by atoms with Gasteiger partial charge in [-0.1, -0.05) is 0 Å². The molecule has 1 N–H and O–H groups in total. The van der Waals surface area contributed by atoms with Crippen LogP contribution in [-0.4, -0.2) is 25.4 Å². The minimum Gasteiger partial charge on any atom is -0.492 e. The van der Waals surface area contributed by atoms with Crippen molar-refractivity contribution >= 4 is 11.6 Å². The fraction of sp³-hybridized carbons (Fsp3) is 0.316. The van der Waals surface area contributed by atoms with Gasteiger partial charge in [-0.25, -0.2) is 0 Å². The Morgan fingerprint density at radius 3 is 2.88 bits per heavy atom. The molecule has 0 aromatic heterocycles. The second-order valence-electron chi connectivity index (χ2n) is 6.04. The van der Waals surface area contributed by atoms with Gasteiger partial charge in [-0.3, -0.25) is 4.79 Å². The lowest BCUT2D eigenvalue weighted by Crippen LogP contribution is -2.13. The fourth-order valence-electron chi connectivity index (χ4n) is 3.04. The molecule has 0 saturated carbocycles. The summed E-state index contributed by atoms with van der Waals surface area (Å²) in [6.07, 6.45) is 0.968. The first-order valence-corrected chi connectivity index (χ1v) is 8.31. The molecule has 1 atom stereocenters. The van der Waals surface area contributed by atoms with Crippen molar-refractivity contribution in [1.82, 2.24) is 0 Å². The van der Waals surface area contributed by atoms with Crippen LogP contribution < -0.4 is 24.3 Å². The van der Waals surface area contributed by atoms with E-state index in [2.05, 4.69) is 5.32 Å². The molecule has 130 valence electrons. The van der Waals surface area contributed by atoms with Crippen LogP contribution in [-0.2, 0) is 6.42 Å². The van der Waals surface area contributed by atoms with Gasteiger partial charge in [0.25, 0.3) is 5.91 Å². The molecule has 2 aromatic rings. The summed E-state index contributed by atoms with van der Waals surface area (Å²) in [5.41, 5.74) is 2.18. The van der Waals surface area contributed by atoms with Crippen LogP contribution in [0.2, 0.25) is 0 Å². The molecule has 0 radical (unpaired) electrons. The molecule has 1 unspecified atom stereocenters. The second kappa shape index (κ2) is 6.20. The van der Waals surface area contributed by atoms with E-state index in [1.807, 2.05) is 26.0 Å². The average molecular weight is 341 g/mol. The van der Waals surface area contributed by atoms with Crippen LogP contribution in [0.4, 0.5) is 5.69 Å². The molecule has 4 rings (SSSR count). The number of carbonyl (C=O) groups is 1. The Kier molecular flexibility index (Phi) is 3.87. The zero-order valence-electron chi connectivity index (χ0n) is 14.1. The van der Waals surface area contributed by atoms with Crippen molar-refractivity contribution in [3.63, 3.8) is 0 Å². The second-order valence-corrected chi connectivity index (χ2v) is 6.04. The Morgan fingerprint density at radius 1 is 1.20 bits per heavy atom. The molecule has 0 saturated heterocycles.